The Hall–Kier alpha value is -3.84. The van der Waals surface area contributed by atoms with Crippen LogP contribution in [0.5, 0.6) is 0 Å². The molecule has 0 aliphatic heterocycles. The molecule has 6 nitrogen and oxygen atoms in total. The number of halogens is 1. The van der Waals surface area contributed by atoms with Gasteiger partial charge in [0.1, 0.15) is 5.82 Å². The minimum absolute atomic E-state index is 0.0228. The number of hydrogen-bond acceptors (Lipinski definition) is 5. The Morgan fingerprint density at radius 1 is 1.09 bits per heavy atom. The monoisotopic (exact) mass is 474 g/mol. The fraction of sp³-hybridized carbons (Fsp3) is 0.250. The molecule has 0 aromatic heterocycles. The number of likely N-dealkylation sites (N-methyl/N-ethyl adjacent to an activating group) is 1. The third kappa shape index (κ3) is 6.39. The fourth-order valence-electron chi connectivity index (χ4n) is 4.05. The summed E-state index contributed by atoms with van der Waals surface area (Å²) < 4.78 is 14.3. The summed E-state index contributed by atoms with van der Waals surface area (Å²) in [5.74, 6) is -1.50. The summed E-state index contributed by atoms with van der Waals surface area (Å²) in [6.45, 7) is 4.30. The molecule has 35 heavy (non-hydrogen) atoms. The first-order chi connectivity index (χ1) is 16.7. The number of amides is 1. The highest BCUT2D eigenvalue weighted by Gasteiger charge is 2.22. The Labute approximate surface area is 205 Å². The van der Waals surface area contributed by atoms with Crippen LogP contribution in [0.15, 0.2) is 54.6 Å². The minimum atomic E-state index is -0.659. The summed E-state index contributed by atoms with van der Waals surface area (Å²) in [4.78, 5) is 25.7. The van der Waals surface area contributed by atoms with E-state index in [2.05, 4.69) is 10.6 Å². The highest BCUT2D eigenvalue weighted by molar-refractivity contribution is 5.98. The van der Waals surface area contributed by atoms with Crippen molar-refractivity contribution in [2.24, 2.45) is 0 Å². The lowest BCUT2D eigenvalue weighted by atomic mass is 9.94. The summed E-state index contributed by atoms with van der Waals surface area (Å²) in [6.07, 6.45) is 2.01. The van der Waals surface area contributed by atoms with E-state index in [1.807, 2.05) is 56.3 Å². The van der Waals surface area contributed by atoms with Gasteiger partial charge in [0.15, 0.2) is 5.78 Å². The second-order valence-electron chi connectivity index (χ2n) is 8.69. The zero-order chi connectivity index (χ0) is 25.5. The first-order valence-corrected chi connectivity index (χ1v) is 11.5. The molecule has 1 atom stereocenters. The van der Waals surface area contributed by atoms with Crippen LogP contribution in [0.3, 0.4) is 0 Å². The average molecular weight is 475 g/mol. The molecule has 0 spiro atoms. The van der Waals surface area contributed by atoms with Gasteiger partial charge in [0, 0.05) is 36.0 Å². The predicted octanol–water partition coefficient (Wildman–Crippen LogP) is 4.78. The van der Waals surface area contributed by atoms with Gasteiger partial charge >= 0.3 is 0 Å². The third-order valence-electron chi connectivity index (χ3n) is 6.02. The number of rotatable bonds is 10. The molecule has 0 saturated heterocycles. The molecule has 0 radical (unpaired) electrons. The Morgan fingerprint density at radius 2 is 1.80 bits per heavy atom. The van der Waals surface area contributed by atoms with E-state index < -0.39 is 11.7 Å². The Balaban J connectivity index is 1.70. The van der Waals surface area contributed by atoms with Crippen molar-refractivity contribution in [3.63, 3.8) is 0 Å². The standard InChI is InChI=1S/C28H31FN4O2/c1-17-4-10-22(18(2)12-17)27(34)11-7-19-5-8-20(9-6-19)23(16-32-3)28(35)33-26-13-21(15-30)25(31)14-24(26)29/h4-6,8-10,12-15,23,30,32H,7,11,16,31H2,1-3H3,(H,33,35). The topological polar surface area (TPSA) is 108 Å². The zero-order valence-electron chi connectivity index (χ0n) is 20.2. The maximum atomic E-state index is 14.3. The van der Waals surface area contributed by atoms with Gasteiger partial charge in [-0.1, -0.05) is 48.0 Å². The van der Waals surface area contributed by atoms with E-state index in [-0.39, 0.29) is 23.1 Å². The molecule has 3 rings (SSSR count). The number of anilines is 2. The molecule has 0 heterocycles. The Bertz CT molecular complexity index is 1240. The number of benzene rings is 3. The van der Waals surface area contributed by atoms with Gasteiger partial charge in [-0.2, -0.15) is 0 Å². The quantitative estimate of drug-likeness (QED) is 0.193. The lowest BCUT2D eigenvalue weighted by molar-refractivity contribution is -0.117. The molecular formula is C28H31FN4O2. The van der Waals surface area contributed by atoms with E-state index in [0.29, 0.717) is 24.9 Å². The van der Waals surface area contributed by atoms with E-state index in [1.54, 1.807) is 7.05 Å². The molecule has 3 aromatic rings. The van der Waals surface area contributed by atoms with E-state index in [9.17, 15) is 14.0 Å². The van der Waals surface area contributed by atoms with E-state index in [1.165, 1.54) is 6.07 Å². The van der Waals surface area contributed by atoms with Crippen molar-refractivity contribution in [3.8, 4) is 0 Å². The first-order valence-electron chi connectivity index (χ1n) is 11.5. The molecule has 1 unspecified atom stereocenters. The normalized spacial score (nSPS) is 11.7. The molecule has 0 aliphatic carbocycles. The second kappa shape index (κ2) is 11.5. The zero-order valence-corrected chi connectivity index (χ0v) is 20.2. The smallest absolute Gasteiger partial charge is 0.233 e. The van der Waals surface area contributed by atoms with Crippen LogP contribution in [0.25, 0.3) is 0 Å². The number of carbonyl (C=O) groups excluding carboxylic acids is 2. The van der Waals surface area contributed by atoms with Crippen molar-refractivity contribution < 1.29 is 14.0 Å². The van der Waals surface area contributed by atoms with Gasteiger partial charge in [-0.25, -0.2) is 4.39 Å². The molecule has 0 saturated carbocycles. The molecule has 1 amide bonds. The van der Waals surface area contributed by atoms with Crippen LogP contribution >= 0.6 is 0 Å². The predicted molar refractivity (Wildman–Crippen MR) is 139 cm³/mol. The molecule has 0 fully saturated rings. The number of nitrogen functional groups attached to an aromatic ring is 1. The highest BCUT2D eigenvalue weighted by atomic mass is 19.1. The Morgan fingerprint density at radius 3 is 2.43 bits per heavy atom. The van der Waals surface area contributed by atoms with Crippen molar-refractivity contribution in [1.82, 2.24) is 5.32 Å². The van der Waals surface area contributed by atoms with Crippen LogP contribution in [0.2, 0.25) is 0 Å². The van der Waals surface area contributed by atoms with E-state index in [4.69, 9.17) is 11.1 Å². The number of aryl methyl sites for hydroxylation is 3. The van der Waals surface area contributed by atoms with Crippen LogP contribution in [-0.2, 0) is 11.2 Å². The van der Waals surface area contributed by atoms with Crippen molar-refractivity contribution >= 4 is 29.3 Å². The maximum Gasteiger partial charge on any atom is 0.233 e. The fourth-order valence-corrected chi connectivity index (χ4v) is 4.05. The first kappa shape index (κ1) is 25.8. The average Bonchev–Trinajstić information content (AvgIpc) is 2.83. The molecular weight excluding hydrogens is 443 g/mol. The van der Waals surface area contributed by atoms with E-state index >= 15 is 0 Å². The van der Waals surface area contributed by atoms with Gasteiger partial charge in [-0.05, 0) is 56.1 Å². The summed E-state index contributed by atoms with van der Waals surface area (Å²) in [6, 6.07) is 15.8. The number of hydrogen-bond donors (Lipinski definition) is 4. The molecule has 0 aliphatic rings. The van der Waals surface area contributed by atoms with E-state index in [0.717, 1.165) is 40.1 Å². The largest absolute Gasteiger partial charge is 0.398 e. The number of ketones is 1. The van der Waals surface area contributed by atoms with Crippen LogP contribution in [0.1, 0.15) is 50.5 Å². The lowest BCUT2D eigenvalue weighted by Crippen LogP contribution is -2.29. The van der Waals surface area contributed by atoms with Gasteiger partial charge in [-0.3, -0.25) is 9.59 Å². The SMILES string of the molecule is CNCC(C(=O)Nc1cc(C=N)c(N)cc1F)c1ccc(CCC(=O)c2ccc(C)cc2C)cc1. The van der Waals surface area contributed by atoms with Crippen molar-refractivity contribution in [2.45, 2.75) is 32.6 Å². The van der Waals surface area contributed by atoms with Crippen LogP contribution in [0, 0.1) is 25.1 Å². The second-order valence-corrected chi connectivity index (χ2v) is 8.69. The van der Waals surface area contributed by atoms with Gasteiger partial charge in [-0.15, -0.1) is 0 Å². The number of nitrogens with one attached hydrogen (secondary N) is 3. The Kier molecular flexibility index (Phi) is 8.49. The molecule has 5 N–H and O–H groups in total. The van der Waals surface area contributed by atoms with Gasteiger partial charge < -0.3 is 21.8 Å². The van der Waals surface area contributed by atoms with Gasteiger partial charge in [0.2, 0.25) is 5.91 Å². The van der Waals surface area contributed by atoms with Crippen LogP contribution < -0.4 is 16.4 Å². The summed E-state index contributed by atoms with van der Waals surface area (Å²) >= 11 is 0. The van der Waals surface area contributed by atoms with Crippen molar-refractivity contribution in [2.75, 3.05) is 24.6 Å². The van der Waals surface area contributed by atoms with Crippen molar-refractivity contribution in [3.05, 3.63) is 93.8 Å². The summed E-state index contributed by atoms with van der Waals surface area (Å²) in [5, 5.41) is 13.0. The molecule has 182 valence electrons. The highest BCUT2D eigenvalue weighted by Crippen LogP contribution is 2.24. The van der Waals surface area contributed by atoms with Crippen LogP contribution in [0.4, 0.5) is 15.8 Å². The molecule has 0 bridgehead atoms. The minimum Gasteiger partial charge on any atom is -0.398 e. The van der Waals surface area contributed by atoms with Crippen molar-refractivity contribution in [1.29, 1.82) is 5.41 Å². The maximum absolute atomic E-state index is 14.3. The third-order valence-corrected chi connectivity index (χ3v) is 6.02. The molecule has 3 aromatic carbocycles. The number of carbonyl (C=O) groups is 2. The lowest BCUT2D eigenvalue weighted by Gasteiger charge is -2.18. The molecule has 7 heteroatoms. The van der Waals surface area contributed by atoms with Crippen LogP contribution in [-0.4, -0.2) is 31.5 Å². The number of Topliss-reactive ketones (excluding diaryl/α,β-unsaturated/α-hetero) is 1. The van der Waals surface area contributed by atoms with Gasteiger partial charge in [0.05, 0.1) is 11.6 Å². The summed E-state index contributed by atoms with van der Waals surface area (Å²) in [7, 11) is 1.74. The van der Waals surface area contributed by atoms with Gasteiger partial charge in [0.25, 0.3) is 0 Å². The number of nitrogens with two attached hydrogens (primary N) is 1. The summed E-state index contributed by atoms with van der Waals surface area (Å²) in [5.41, 5.74) is 10.8.